The van der Waals surface area contributed by atoms with E-state index < -0.39 is 4.92 Å². The Kier molecular flexibility index (Phi) is 4.31. The van der Waals surface area contributed by atoms with Crippen molar-refractivity contribution in [2.45, 2.75) is 26.3 Å². The van der Waals surface area contributed by atoms with Gasteiger partial charge in [0.2, 0.25) is 0 Å². The molecular weight excluding hydrogens is 360 g/mol. The summed E-state index contributed by atoms with van der Waals surface area (Å²) >= 11 is 0. The van der Waals surface area contributed by atoms with E-state index in [2.05, 4.69) is 10.5 Å². The van der Waals surface area contributed by atoms with Gasteiger partial charge in [-0.05, 0) is 43.5 Å². The number of benzene rings is 2. The van der Waals surface area contributed by atoms with Crippen LogP contribution in [-0.4, -0.2) is 20.3 Å². The topological polar surface area (TPSA) is 110 Å². The van der Waals surface area contributed by atoms with Gasteiger partial charge in [-0.1, -0.05) is 12.1 Å². The first-order valence-electron chi connectivity index (χ1n) is 8.90. The van der Waals surface area contributed by atoms with Crippen LogP contribution in [0.15, 0.2) is 52.4 Å². The summed E-state index contributed by atoms with van der Waals surface area (Å²) in [5, 5.41) is 26.3. The SMILES string of the molecule is C/C(=N\Nc1ccc([N+](=O)[O-])cc1)c1c(O)c2cccc3c2n(c1=O)CCC3. The smallest absolute Gasteiger partial charge is 0.269 e. The van der Waals surface area contributed by atoms with E-state index in [-0.39, 0.29) is 22.6 Å². The molecule has 0 unspecified atom stereocenters. The van der Waals surface area contributed by atoms with Crippen molar-refractivity contribution in [3.8, 4) is 5.75 Å². The lowest BCUT2D eigenvalue weighted by atomic mass is 9.98. The number of rotatable bonds is 4. The van der Waals surface area contributed by atoms with Gasteiger partial charge in [0.05, 0.1) is 21.8 Å². The normalized spacial score (nSPS) is 13.5. The predicted octanol–water partition coefficient (Wildman–Crippen LogP) is 3.40. The first-order chi connectivity index (χ1) is 13.5. The van der Waals surface area contributed by atoms with Crippen LogP contribution >= 0.6 is 0 Å². The van der Waals surface area contributed by atoms with Crippen molar-refractivity contribution in [3.63, 3.8) is 0 Å². The minimum Gasteiger partial charge on any atom is -0.506 e. The number of nitro groups is 1. The van der Waals surface area contributed by atoms with Crippen LogP contribution in [0.3, 0.4) is 0 Å². The highest BCUT2D eigenvalue weighted by atomic mass is 16.6. The van der Waals surface area contributed by atoms with Crippen LogP contribution in [0.25, 0.3) is 10.9 Å². The summed E-state index contributed by atoms with van der Waals surface area (Å²) < 4.78 is 1.70. The Morgan fingerprint density at radius 2 is 2.00 bits per heavy atom. The Hall–Kier alpha value is -3.68. The minimum atomic E-state index is -0.480. The maximum atomic E-state index is 13.0. The van der Waals surface area contributed by atoms with Crippen LogP contribution < -0.4 is 11.0 Å². The van der Waals surface area contributed by atoms with Crippen molar-refractivity contribution in [2.75, 3.05) is 5.43 Å². The number of anilines is 1. The molecule has 0 bridgehead atoms. The van der Waals surface area contributed by atoms with Crippen LogP contribution in [0.2, 0.25) is 0 Å². The lowest BCUT2D eigenvalue weighted by molar-refractivity contribution is -0.384. The Balaban J connectivity index is 1.75. The zero-order chi connectivity index (χ0) is 19.8. The second-order valence-corrected chi connectivity index (χ2v) is 6.71. The fraction of sp³-hybridized carbons (Fsp3) is 0.200. The quantitative estimate of drug-likeness (QED) is 0.411. The highest BCUT2D eigenvalue weighted by Gasteiger charge is 2.22. The second kappa shape index (κ2) is 6.80. The third-order valence-corrected chi connectivity index (χ3v) is 4.96. The molecule has 0 atom stereocenters. The lowest BCUT2D eigenvalue weighted by Gasteiger charge is -2.21. The molecule has 0 radical (unpaired) electrons. The van der Waals surface area contributed by atoms with Gasteiger partial charge in [0.1, 0.15) is 11.3 Å². The summed E-state index contributed by atoms with van der Waals surface area (Å²) in [6, 6.07) is 11.4. The van der Waals surface area contributed by atoms with Crippen molar-refractivity contribution >= 4 is 28.0 Å². The molecule has 2 heterocycles. The van der Waals surface area contributed by atoms with Gasteiger partial charge in [-0.15, -0.1) is 0 Å². The number of para-hydroxylation sites is 1. The molecule has 0 spiro atoms. The highest BCUT2D eigenvalue weighted by molar-refractivity contribution is 6.06. The van der Waals surface area contributed by atoms with E-state index in [0.29, 0.717) is 23.3 Å². The van der Waals surface area contributed by atoms with Crippen molar-refractivity contribution in [3.05, 3.63) is 74.1 Å². The lowest BCUT2D eigenvalue weighted by Crippen LogP contribution is -2.29. The summed E-state index contributed by atoms with van der Waals surface area (Å²) in [4.78, 5) is 23.3. The average molecular weight is 378 g/mol. The fourth-order valence-corrected chi connectivity index (χ4v) is 3.60. The molecule has 8 heteroatoms. The van der Waals surface area contributed by atoms with Gasteiger partial charge in [0.25, 0.3) is 11.2 Å². The van der Waals surface area contributed by atoms with Gasteiger partial charge in [0, 0.05) is 24.1 Å². The van der Waals surface area contributed by atoms with E-state index in [9.17, 15) is 20.0 Å². The number of nitro benzene ring substituents is 1. The van der Waals surface area contributed by atoms with Crippen LogP contribution in [0.5, 0.6) is 5.75 Å². The molecule has 2 N–H and O–H groups in total. The Bertz CT molecular complexity index is 1180. The largest absolute Gasteiger partial charge is 0.506 e. The summed E-state index contributed by atoms with van der Waals surface area (Å²) in [5.41, 5.74) is 5.35. The standard InChI is InChI=1S/C20H18N4O4/c1-12(21-22-14-7-9-15(10-8-14)24(27)28)17-19(25)16-6-2-4-13-5-3-11-23(18(13)16)20(17)26/h2,4,6-10,22,25H,3,5,11H2,1H3/b21-12+. The monoisotopic (exact) mass is 378 g/mol. The van der Waals surface area contributed by atoms with Crippen LogP contribution in [0.1, 0.15) is 24.5 Å². The number of aromatic nitrogens is 1. The number of hydrogen-bond acceptors (Lipinski definition) is 6. The van der Waals surface area contributed by atoms with E-state index in [4.69, 9.17) is 0 Å². The predicted molar refractivity (Wildman–Crippen MR) is 107 cm³/mol. The second-order valence-electron chi connectivity index (χ2n) is 6.71. The Morgan fingerprint density at radius 1 is 1.25 bits per heavy atom. The Morgan fingerprint density at radius 3 is 2.71 bits per heavy atom. The van der Waals surface area contributed by atoms with Crippen molar-refractivity contribution in [2.24, 2.45) is 5.10 Å². The molecular formula is C20H18N4O4. The molecule has 1 aliphatic heterocycles. The third kappa shape index (κ3) is 2.88. The summed E-state index contributed by atoms with van der Waals surface area (Å²) in [6.45, 7) is 2.24. The molecule has 8 nitrogen and oxygen atoms in total. The summed E-state index contributed by atoms with van der Waals surface area (Å²) in [7, 11) is 0. The fourth-order valence-electron chi connectivity index (χ4n) is 3.60. The van der Waals surface area contributed by atoms with Gasteiger partial charge < -0.3 is 9.67 Å². The van der Waals surface area contributed by atoms with E-state index in [1.165, 1.54) is 24.3 Å². The van der Waals surface area contributed by atoms with Crippen molar-refractivity contribution < 1.29 is 10.0 Å². The molecule has 0 aliphatic carbocycles. The number of hydrogen-bond donors (Lipinski definition) is 2. The number of nitrogens with zero attached hydrogens (tertiary/aromatic N) is 3. The van der Waals surface area contributed by atoms with E-state index in [1.807, 2.05) is 12.1 Å². The molecule has 4 rings (SSSR count). The van der Waals surface area contributed by atoms with Crippen molar-refractivity contribution in [1.29, 1.82) is 0 Å². The van der Waals surface area contributed by atoms with E-state index in [1.54, 1.807) is 17.6 Å². The molecule has 0 fully saturated rings. The molecule has 3 aromatic rings. The molecule has 1 aliphatic rings. The van der Waals surface area contributed by atoms with Crippen LogP contribution in [-0.2, 0) is 13.0 Å². The number of aromatic hydroxyl groups is 1. The molecule has 2 aromatic carbocycles. The number of non-ortho nitro benzene ring substituents is 1. The van der Waals surface area contributed by atoms with Crippen LogP contribution in [0, 0.1) is 10.1 Å². The molecule has 0 saturated heterocycles. The zero-order valence-electron chi connectivity index (χ0n) is 15.2. The molecule has 0 saturated carbocycles. The van der Waals surface area contributed by atoms with Gasteiger partial charge in [-0.2, -0.15) is 5.10 Å². The number of pyridine rings is 1. The number of aryl methyl sites for hydroxylation is 2. The zero-order valence-corrected chi connectivity index (χ0v) is 15.2. The first-order valence-corrected chi connectivity index (χ1v) is 8.90. The first kappa shape index (κ1) is 17.7. The molecule has 1 aromatic heterocycles. The maximum Gasteiger partial charge on any atom is 0.269 e. The minimum absolute atomic E-state index is 0.0217. The van der Waals surface area contributed by atoms with Gasteiger partial charge in [-0.3, -0.25) is 20.3 Å². The average Bonchev–Trinajstić information content (AvgIpc) is 2.70. The van der Waals surface area contributed by atoms with Crippen molar-refractivity contribution in [1.82, 2.24) is 4.57 Å². The summed E-state index contributed by atoms with van der Waals surface area (Å²) in [5.74, 6) is -0.0771. The highest BCUT2D eigenvalue weighted by Crippen LogP contribution is 2.31. The third-order valence-electron chi connectivity index (χ3n) is 4.96. The Labute approximate surface area is 159 Å². The van der Waals surface area contributed by atoms with Gasteiger partial charge in [-0.25, -0.2) is 0 Å². The van der Waals surface area contributed by atoms with E-state index >= 15 is 0 Å². The molecule has 0 amide bonds. The molecule has 142 valence electrons. The molecule has 28 heavy (non-hydrogen) atoms. The number of nitrogens with one attached hydrogen (secondary N) is 1. The van der Waals surface area contributed by atoms with Gasteiger partial charge in [0.15, 0.2) is 0 Å². The maximum absolute atomic E-state index is 13.0. The number of hydrazone groups is 1. The van der Waals surface area contributed by atoms with Crippen LogP contribution in [0.4, 0.5) is 11.4 Å². The van der Waals surface area contributed by atoms with Gasteiger partial charge >= 0.3 is 0 Å². The van der Waals surface area contributed by atoms with E-state index in [0.717, 1.165) is 23.9 Å². The summed E-state index contributed by atoms with van der Waals surface area (Å²) in [6.07, 6.45) is 1.75.